The van der Waals surface area contributed by atoms with Gasteiger partial charge in [0.2, 0.25) is 5.95 Å². The van der Waals surface area contributed by atoms with Crippen molar-refractivity contribution in [1.82, 2.24) is 15.2 Å². The minimum absolute atomic E-state index is 0.215. The van der Waals surface area contributed by atoms with Crippen LogP contribution in [0.25, 0.3) is 11.3 Å². The van der Waals surface area contributed by atoms with Gasteiger partial charge in [-0.15, -0.1) is 10.2 Å². The molecule has 0 saturated heterocycles. The summed E-state index contributed by atoms with van der Waals surface area (Å²) < 4.78 is 4.64. The number of hydrogen-bond donors (Lipinski definition) is 2. The lowest BCUT2D eigenvalue weighted by Crippen LogP contribution is -2.15. The summed E-state index contributed by atoms with van der Waals surface area (Å²) in [4.78, 5) is 26.3. The van der Waals surface area contributed by atoms with Crippen molar-refractivity contribution in [3.63, 3.8) is 0 Å². The Morgan fingerprint density at radius 2 is 1.72 bits per heavy atom. The van der Waals surface area contributed by atoms with Crippen LogP contribution in [0.4, 0.5) is 11.6 Å². The molecule has 0 amide bonds. The SMILES string of the molecule is COC(=O)c1ccc(Nc2nnc(-c3ccc(C)cc3)c(=O)[nH]2)cc1. The van der Waals surface area contributed by atoms with Crippen LogP contribution in [-0.4, -0.2) is 28.3 Å². The van der Waals surface area contributed by atoms with E-state index in [0.717, 1.165) is 5.56 Å². The second kappa shape index (κ2) is 6.96. The van der Waals surface area contributed by atoms with Crippen LogP contribution < -0.4 is 10.9 Å². The monoisotopic (exact) mass is 336 g/mol. The number of aromatic nitrogens is 3. The van der Waals surface area contributed by atoms with Crippen LogP contribution in [0.1, 0.15) is 15.9 Å². The van der Waals surface area contributed by atoms with Gasteiger partial charge < -0.3 is 10.1 Å². The average Bonchev–Trinajstić information content (AvgIpc) is 2.63. The Morgan fingerprint density at radius 3 is 2.32 bits per heavy atom. The lowest BCUT2D eigenvalue weighted by atomic mass is 10.1. The Labute approximate surface area is 143 Å². The molecule has 1 heterocycles. The number of aryl methyl sites for hydroxylation is 1. The highest BCUT2D eigenvalue weighted by atomic mass is 16.5. The molecule has 7 heteroatoms. The van der Waals surface area contributed by atoms with Crippen molar-refractivity contribution >= 4 is 17.6 Å². The highest BCUT2D eigenvalue weighted by molar-refractivity contribution is 5.89. The van der Waals surface area contributed by atoms with Gasteiger partial charge >= 0.3 is 5.97 Å². The number of benzene rings is 2. The molecule has 126 valence electrons. The van der Waals surface area contributed by atoms with E-state index < -0.39 is 5.97 Å². The number of anilines is 2. The quantitative estimate of drug-likeness (QED) is 0.711. The fourth-order valence-corrected chi connectivity index (χ4v) is 2.24. The fourth-order valence-electron chi connectivity index (χ4n) is 2.24. The van der Waals surface area contributed by atoms with Gasteiger partial charge in [0.15, 0.2) is 5.69 Å². The summed E-state index contributed by atoms with van der Waals surface area (Å²) in [5.41, 5.74) is 2.80. The summed E-state index contributed by atoms with van der Waals surface area (Å²) >= 11 is 0. The van der Waals surface area contributed by atoms with E-state index in [1.807, 2.05) is 31.2 Å². The molecule has 0 radical (unpaired) electrons. The molecular weight excluding hydrogens is 320 g/mol. The highest BCUT2D eigenvalue weighted by Gasteiger charge is 2.08. The van der Waals surface area contributed by atoms with E-state index in [1.165, 1.54) is 7.11 Å². The number of carbonyl (C=O) groups excluding carboxylic acids is 1. The molecule has 0 unspecified atom stereocenters. The molecule has 3 rings (SSSR count). The van der Waals surface area contributed by atoms with E-state index in [-0.39, 0.29) is 17.2 Å². The highest BCUT2D eigenvalue weighted by Crippen LogP contribution is 2.16. The molecule has 1 aromatic heterocycles. The lowest BCUT2D eigenvalue weighted by Gasteiger charge is -2.06. The molecule has 25 heavy (non-hydrogen) atoms. The van der Waals surface area contributed by atoms with Gasteiger partial charge in [-0.2, -0.15) is 0 Å². The Balaban J connectivity index is 1.80. The molecule has 0 spiro atoms. The van der Waals surface area contributed by atoms with Gasteiger partial charge in [-0.1, -0.05) is 29.8 Å². The van der Waals surface area contributed by atoms with Crippen LogP contribution in [-0.2, 0) is 4.74 Å². The van der Waals surface area contributed by atoms with E-state index >= 15 is 0 Å². The maximum atomic E-state index is 12.2. The normalized spacial score (nSPS) is 10.3. The molecule has 0 aliphatic heterocycles. The van der Waals surface area contributed by atoms with E-state index in [1.54, 1.807) is 24.3 Å². The van der Waals surface area contributed by atoms with Gasteiger partial charge in [-0.05, 0) is 31.2 Å². The van der Waals surface area contributed by atoms with Crippen LogP contribution >= 0.6 is 0 Å². The van der Waals surface area contributed by atoms with Crippen LogP contribution in [0, 0.1) is 6.92 Å². The lowest BCUT2D eigenvalue weighted by molar-refractivity contribution is 0.0601. The minimum Gasteiger partial charge on any atom is -0.465 e. The molecule has 2 aromatic carbocycles. The summed E-state index contributed by atoms with van der Waals surface area (Å²) in [7, 11) is 1.32. The van der Waals surface area contributed by atoms with Crippen LogP contribution in [0.3, 0.4) is 0 Å². The van der Waals surface area contributed by atoms with Gasteiger partial charge in [0.05, 0.1) is 12.7 Å². The molecule has 3 aromatic rings. The molecule has 0 fully saturated rings. The molecule has 0 bridgehead atoms. The van der Waals surface area contributed by atoms with Crippen molar-refractivity contribution in [3.05, 3.63) is 70.0 Å². The molecule has 0 aliphatic carbocycles. The number of ether oxygens (including phenoxy) is 1. The smallest absolute Gasteiger partial charge is 0.337 e. The molecule has 2 N–H and O–H groups in total. The number of esters is 1. The third kappa shape index (κ3) is 3.72. The fraction of sp³-hybridized carbons (Fsp3) is 0.111. The van der Waals surface area contributed by atoms with Crippen molar-refractivity contribution in [1.29, 1.82) is 0 Å². The number of nitrogens with zero attached hydrogens (tertiary/aromatic N) is 2. The third-order valence-electron chi connectivity index (χ3n) is 3.59. The Kier molecular flexibility index (Phi) is 4.56. The molecule has 7 nitrogen and oxygen atoms in total. The largest absolute Gasteiger partial charge is 0.465 e. The first-order valence-corrected chi connectivity index (χ1v) is 7.56. The first-order valence-electron chi connectivity index (χ1n) is 7.56. The van der Waals surface area contributed by atoms with Crippen LogP contribution in [0.2, 0.25) is 0 Å². The van der Waals surface area contributed by atoms with Gasteiger partial charge in [0.25, 0.3) is 5.56 Å². The molecule has 0 aliphatic rings. The predicted octanol–water partition coefficient (Wildman–Crippen LogP) is 2.67. The van der Waals surface area contributed by atoms with E-state index in [9.17, 15) is 9.59 Å². The maximum absolute atomic E-state index is 12.2. The van der Waals surface area contributed by atoms with E-state index in [0.29, 0.717) is 16.8 Å². The van der Waals surface area contributed by atoms with Gasteiger partial charge in [-0.3, -0.25) is 9.78 Å². The predicted molar refractivity (Wildman–Crippen MR) is 93.9 cm³/mol. The Hall–Kier alpha value is -3.48. The third-order valence-corrected chi connectivity index (χ3v) is 3.59. The maximum Gasteiger partial charge on any atom is 0.337 e. The van der Waals surface area contributed by atoms with Crippen molar-refractivity contribution < 1.29 is 9.53 Å². The zero-order chi connectivity index (χ0) is 17.8. The van der Waals surface area contributed by atoms with Crippen LogP contribution in [0.5, 0.6) is 0 Å². The zero-order valence-electron chi connectivity index (χ0n) is 13.7. The topological polar surface area (TPSA) is 97.0 Å². The summed E-state index contributed by atoms with van der Waals surface area (Å²) in [5.74, 6) is -0.200. The number of carbonyl (C=O) groups is 1. The van der Waals surface area contributed by atoms with Gasteiger partial charge in [0, 0.05) is 11.3 Å². The standard InChI is InChI=1S/C18H16N4O3/c1-11-3-5-12(6-4-11)15-16(23)20-18(22-21-15)19-14-9-7-13(8-10-14)17(24)25-2/h3-10H,1-2H3,(H2,19,20,22,23). The van der Waals surface area contributed by atoms with Crippen LogP contribution in [0.15, 0.2) is 53.3 Å². The van der Waals surface area contributed by atoms with Gasteiger partial charge in [-0.25, -0.2) is 4.79 Å². The van der Waals surface area contributed by atoms with E-state index in [4.69, 9.17) is 0 Å². The summed E-state index contributed by atoms with van der Waals surface area (Å²) in [6, 6.07) is 14.1. The number of nitrogens with one attached hydrogen (secondary N) is 2. The molecular formula is C18H16N4O3. The number of aromatic amines is 1. The minimum atomic E-state index is -0.415. The summed E-state index contributed by atoms with van der Waals surface area (Å²) in [5, 5.41) is 10.9. The number of methoxy groups -OCH3 is 1. The summed E-state index contributed by atoms with van der Waals surface area (Å²) in [6.45, 7) is 1.97. The Morgan fingerprint density at radius 1 is 1.04 bits per heavy atom. The number of H-pyrrole nitrogens is 1. The van der Waals surface area contributed by atoms with E-state index in [2.05, 4.69) is 25.2 Å². The number of rotatable bonds is 4. The van der Waals surface area contributed by atoms with Gasteiger partial charge in [0.1, 0.15) is 0 Å². The summed E-state index contributed by atoms with van der Waals surface area (Å²) in [6.07, 6.45) is 0. The second-order valence-electron chi connectivity index (χ2n) is 5.41. The van der Waals surface area contributed by atoms with Crippen molar-refractivity contribution in [2.75, 3.05) is 12.4 Å². The number of hydrogen-bond acceptors (Lipinski definition) is 6. The first kappa shape index (κ1) is 16.4. The van der Waals surface area contributed by atoms with Crippen molar-refractivity contribution in [3.8, 4) is 11.3 Å². The first-order chi connectivity index (χ1) is 12.1. The molecule has 0 saturated carbocycles. The van der Waals surface area contributed by atoms with Crippen molar-refractivity contribution in [2.45, 2.75) is 6.92 Å². The Bertz CT molecular complexity index is 947. The second-order valence-corrected chi connectivity index (χ2v) is 5.41. The van der Waals surface area contributed by atoms with Crippen molar-refractivity contribution in [2.24, 2.45) is 0 Å². The molecule has 0 atom stereocenters. The average molecular weight is 336 g/mol. The zero-order valence-corrected chi connectivity index (χ0v) is 13.7.